The highest BCUT2D eigenvalue weighted by Crippen LogP contribution is 2.19. The lowest BCUT2D eigenvalue weighted by molar-refractivity contribution is 0.528. The van der Waals surface area contributed by atoms with Crippen LogP contribution in [-0.4, -0.2) is 42.2 Å². The minimum atomic E-state index is -0.0524. The molecule has 0 fully saturated rings. The Balaban J connectivity index is 2.97. The van der Waals surface area contributed by atoms with Crippen molar-refractivity contribution in [2.45, 2.75) is 46.2 Å². The summed E-state index contributed by atoms with van der Waals surface area (Å²) < 4.78 is 0. The van der Waals surface area contributed by atoms with Gasteiger partial charge in [0.15, 0.2) is 0 Å². The molecule has 1 rings (SSSR count). The number of hydrogen-bond donors (Lipinski definition) is 2. The summed E-state index contributed by atoms with van der Waals surface area (Å²) in [4.78, 5) is 11.1. The molecule has 108 valence electrons. The van der Waals surface area contributed by atoms with Gasteiger partial charge in [-0.1, -0.05) is 0 Å². The Morgan fingerprint density at radius 2 is 1.95 bits per heavy atom. The number of likely N-dealkylation sites (N-methyl/N-ethyl adjacent to an activating group) is 1. The largest absolute Gasteiger partial charge is 0.364 e. The summed E-state index contributed by atoms with van der Waals surface area (Å²) >= 11 is 0. The Morgan fingerprint density at radius 3 is 2.47 bits per heavy atom. The van der Waals surface area contributed by atoms with E-state index in [1.165, 1.54) is 0 Å². The highest BCUT2D eigenvalue weighted by atomic mass is 15.2. The molecule has 0 bridgehead atoms. The molecule has 5 heteroatoms. The van der Waals surface area contributed by atoms with Gasteiger partial charge in [-0.2, -0.15) is 0 Å². The molecular weight excluding hydrogens is 238 g/mol. The zero-order valence-corrected chi connectivity index (χ0v) is 13.2. The molecule has 0 radical (unpaired) electrons. The van der Waals surface area contributed by atoms with E-state index in [0.29, 0.717) is 6.04 Å². The predicted molar refractivity (Wildman–Crippen MR) is 81.9 cm³/mol. The Bertz CT molecular complexity index is 414. The van der Waals surface area contributed by atoms with Crippen LogP contribution in [0.2, 0.25) is 0 Å². The highest BCUT2D eigenvalue weighted by Gasteiger charge is 2.18. The Labute approximate surface area is 116 Å². The van der Waals surface area contributed by atoms with Crippen LogP contribution in [0.3, 0.4) is 0 Å². The molecule has 0 spiro atoms. The first kappa shape index (κ1) is 15.7. The van der Waals surface area contributed by atoms with Gasteiger partial charge in [0.1, 0.15) is 17.5 Å². The molecule has 0 aliphatic carbocycles. The summed E-state index contributed by atoms with van der Waals surface area (Å²) in [6, 6.07) is 2.41. The monoisotopic (exact) mass is 265 g/mol. The maximum Gasteiger partial charge on any atom is 0.134 e. The summed E-state index contributed by atoms with van der Waals surface area (Å²) in [7, 11) is 4.00. The third-order valence-corrected chi connectivity index (χ3v) is 3.05. The first-order valence-electron chi connectivity index (χ1n) is 6.76. The lowest BCUT2D eigenvalue weighted by Gasteiger charge is -2.28. The molecule has 0 saturated heterocycles. The van der Waals surface area contributed by atoms with E-state index in [2.05, 4.69) is 60.2 Å². The average molecular weight is 265 g/mol. The van der Waals surface area contributed by atoms with Crippen LogP contribution >= 0.6 is 0 Å². The second-order valence-corrected chi connectivity index (χ2v) is 5.90. The molecule has 1 aromatic heterocycles. The van der Waals surface area contributed by atoms with E-state index >= 15 is 0 Å². The number of anilines is 2. The smallest absolute Gasteiger partial charge is 0.134 e. The normalized spacial score (nSPS) is 11.8. The molecule has 1 heterocycles. The van der Waals surface area contributed by atoms with Crippen molar-refractivity contribution < 1.29 is 0 Å². The van der Waals surface area contributed by atoms with Crippen molar-refractivity contribution in [3.8, 4) is 0 Å². The molecule has 2 N–H and O–H groups in total. The molecule has 0 amide bonds. The van der Waals surface area contributed by atoms with Crippen molar-refractivity contribution in [1.82, 2.24) is 15.3 Å². The van der Waals surface area contributed by atoms with Gasteiger partial charge in [-0.15, -0.1) is 0 Å². The highest BCUT2D eigenvalue weighted by molar-refractivity contribution is 5.50. The predicted octanol–water partition coefficient (Wildman–Crippen LogP) is 2.04. The van der Waals surface area contributed by atoms with Crippen LogP contribution in [0, 0.1) is 6.92 Å². The van der Waals surface area contributed by atoms with Crippen molar-refractivity contribution in [3.63, 3.8) is 0 Å². The van der Waals surface area contributed by atoms with Crippen molar-refractivity contribution in [3.05, 3.63) is 11.9 Å². The van der Waals surface area contributed by atoms with E-state index in [0.717, 1.165) is 24.0 Å². The van der Waals surface area contributed by atoms with E-state index < -0.39 is 0 Å². The summed E-state index contributed by atoms with van der Waals surface area (Å²) in [6.45, 7) is 11.4. The van der Waals surface area contributed by atoms with Crippen LogP contribution in [-0.2, 0) is 0 Å². The first-order chi connectivity index (χ1) is 8.75. The Kier molecular flexibility index (Phi) is 5.11. The van der Waals surface area contributed by atoms with Crippen LogP contribution < -0.4 is 15.5 Å². The molecule has 19 heavy (non-hydrogen) atoms. The number of hydrogen-bond acceptors (Lipinski definition) is 5. The fourth-order valence-corrected chi connectivity index (χ4v) is 1.89. The van der Waals surface area contributed by atoms with E-state index in [4.69, 9.17) is 0 Å². The average Bonchev–Trinajstić information content (AvgIpc) is 2.25. The summed E-state index contributed by atoms with van der Waals surface area (Å²) in [6.07, 6.45) is 0. The second-order valence-electron chi connectivity index (χ2n) is 5.90. The second kappa shape index (κ2) is 6.19. The molecule has 0 aliphatic rings. The van der Waals surface area contributed by atoms with Crippen LogP contribution in [0.5, 0.6) is 0 Å². The standard InChI is InChI=1S/C14H27N5/c1-10(2)19(7)13-8-12(16-11(3)17-13)18-14(4,5)9-15-6/h8,10,15H,9H2,1-7H3,(H,16,17,18). The van der Waals surface area contributed by atoms with Crippen LogP contribution in [0.1, 0.15) is 33.5 Å². The zero-order valence-electron chi connectivity index (χ0n) is 13.2. The van der Waals surface area contributed by atoms with Crippen LogP contribution in [0.4, 0.5) is 11.6 Å². The number of nitrogens with zero attached hydrogens (tertiary/aromatic N) is 3. The lowest BCUT2D eigenvalue weighted by atomic mass is 10.1. The summed E-state index contributed by atoms with van der Waals surface area (Å²) in [5.74, 6) is 2.60. The van der Waals surface area contributed by atoms with Crippen LogP contribution in [0.25, 0.3) is 0 Å². The minimum Gasteiger partial charge on any atom is -0.364 e. The molecule has 0 unspecified atom stereocenters. The van der Waals surface area contributed by atoms with E-state index in [9.17, 15) is 0 Å². The van der Waals surface area contributed by atoms with Crippen molar-refractivity contribution in [2.75, 3.05) is 30.9 Å². The van der Waals surface area contributed by atoms with Gasteiger partial charge in [-0.05, 0) is 41.7 Å². The molecular formula is C14H27N5. The fourth-order valence-electron chi connectivity index (χ4n) is 1.89. The van der Waals surface area contributed by atoms with Crippen molar-refractivity contribution >= 4 is 11.6 Å². The number of aryl methyl sites for hydroxylation is 1. The van der Waals surface area contributed by atoms with Gasteiger partial charge in [-0.25, -0.2) is 9.97 Å². The Morgan fingerprint density at radius 1 is 1.32 bits per heavy atom. The number of nitrogens with one attached hydrogen (secondary N) is 2. The van der Waals surface area contributed by atoms with Crippen molar-refractivity contribution in [1.29, 1.82) is 0 Å². The summed E-state index contributed by atoms with van der Waals surface area (Å²) in [5, 5.41) is 6.64. The van der Waals surface area contributed by atoms with Gasteiger partial charge in [-0.3, -0.25) is 0 Å². The number of aromatic nitrogens is 2. The van der Waals surface area contributed by atoms with Gasteiger partial charge in [0.25, 0.3) is 0 Å². The third-order valence-electron chi connectivity index (χ3n) is 3.05. The SMILES string of the molecule is CNCC(C)(C)Nc1cc(N(C)C(C)C)nc(C)n1. The van der Waals surface area contributed by atoms with Gasteiger partial charge < -0.3 is 15.5 Å². The van der Waals surface area contributed by atoms with Gasteiger partial charge in [0, 0.05) is 31.2 Å². The molecule has 0 aliphatic heterocycles. The molecule has 0 atom stereocenters. The molecule has 0 saturated carbocycles. The van der Waals surface area contributed by atoms with E-state index in [-0.39, 0.29) is 5.54 Å². The summed E-state index contributed by atoms with van der Waals surface area (Å²) in [5.41, 5.74) is -0.0524. The van der Waals surface area contributed by atoms with Gasteiger partial charge >= 0.3 is 0 Å². The maximum atomic E-state index is 4.49. The van der Waals surface area contributed by atoms with Crippen LogP contribution in [0.15, 0.2) is 6.07 Å². The topological polar surface area (TPSA) is 53.1 Å². The zero-order chi connectivity index (χ0) is 14.6. The fraction of sp³-hybridized carbons (Fsp3) is 0.714. The Hall–Kier alpha value is -1.36. The molecule has 0 aromatic carbocycles. The maximum absolute atomic E-state index is 4.49. The first-order valence-corrected chi connectivity index (χ1v) is 6.76. The van der Waals surface area contributed by atoms with E-state index in [1.807, 2.05) is 20.0 Å². The minimum absolute atomic E-state index is 0.0524. The van der Waals surface area contributed by atoms with Gasteiger partial charge in [0.05, 0.1) is 0 Å². The molecule has 1 aromatic rings. The number of rotatable bonds is 6. The lowest BCUT2D eigenvalue weighted by Crippen LogP contribution is -2.41. The van der Waals surface area contributed by atoms with Gasteiger partial charge in [0.2, 0.25) is 0 Å². The molecule has 5 nitrogen and oxygen atoms in total. The van der Waals surface area contributed by atoms with Crippen molar-refractivity contribution in [2.24, 2.45) is 0 Å². The third kappa shape index (κ3) is 4.67. The quantitative estimate of drug-likeness (QED) is 0.824. The van der Waals surface area contributed by atoms with E-state index in [1.54, 1.807) is 0 Å².